The van der Waals surface area contributed by atoms with E-state index >= 15 is 0 Å². The van der Waals surface area contributed by atoms with Gasteiger partial charge in [-0.2, -0.15) is 0 Å². The maximum Gasteiger partial charge on any atom is 0.405 e. The smallest absolute Gasteiger partial charge is 0.405 e. The highest BCUT2D eigenvalue weighted by molar-refractivity contribution is 5.65. The number of amides is 1. The molecule has 1 amide bonds. The normalized spacial score (nSPS) is 15.0. The molecule has 2 atom stereocenters. The molecule has 0 aliphatic heterocycles. The van der Waals surface area contributed by atoms with Crippen molar-refractivity contribution in [3.05, 3.63) is 35.4 Å². The summed E-state index contributed by atoms with van der Waals surface area (Å²) in [6.07, 6.45) is -0.621. The first kappa shape index (κ1) is 20.5. The minimum Gasteiger partial charge on any atom is -0.444 e. The SMILES string of the molecule is CC(CC(C)(C)OC(N)=O)c1ccc(C(O)CNC(C)(C)C)cc1. The molecule has 1 rings (SSSR count). The van der Waals surface area contributed by atoms with Crippen molar-refractivity contribution in [3.8, 4) is 0 Å². The summed E-state index contributed by atoms with van der Waals surface area (Å²) in [5.74, 6) is 0.207. The van der Waals surface area contributed by atoms with Crippen molar-refractivity contribution in [2.45, 2.75) is 71.1 Å². The molecule has 0 aromatic heterocycles. The first-order valence-electron chi connectivity index (χ1n) is 8.41. The Labute approximate surface area is 145 Å². The zero-order valence-corrected chi connectivity index (χ0v) is 15.7. The summed E-state index contributed by atoms with van der Waals surface area (Å²) in [6, 6.07) is 7.92. The zero-order valence-electron chi connectivity index (χ0n) is 15.7. The number of hydrogen-bond donors (Lipinski definition) is 3. The van der Waals surface area contributed by atoms with Crippen molar-refractivity contribution in [1.29, 1.82) is 0 Å². The Kier molecular flexibility index (Phi) is 6.81. The number of carbonyl (C=O) groups excluding carboxylic acids is 1. The number of carbonyl (C=O) groups is 1. The first-order chi connectivity index (χ1) is 10.9. The minimum atomic E-state index is -0.753. The molecular weight excluding hydrogens is 304 g/mol. The number of aliphatic hydroxyl groups excluding tert-OH is 1. The Hall–Kier alpha value is -1.59. The topological polar surface area (TPSA) is 84.6 Å². The Morgan fingerprint density at radius 2 is 1.67 bits per heavy atom. The Morgan fingerprint density at radius 3 is 2.12 bits per heavy atom. The molecule has 5 heteroatoms. The van der Waals surface area contributed by atoms with E-state index in [1.807, 2.05) is 38.1 Å². The van der Waals surface area contributed by atoms with Gasteiger partial charge >= 0.3 is 6.09 Å². The Morgan fingerprint density at radius 1 is 1.17 bits per heavy atom. The lowest BCUT2D eigenvalue weighted by molar-refractivity contribution is 0.0349. The molecule has 0 heterocycles. The number of nitrogens with two attached hydrogens (primary N) is 1. The van der Waals surface area contributed by atoms with E-state index in [-0.39, 0.29) is 11.5 Å². The lowest BCUT2D eigenvalue weighted by Gasteiger charge is -2.27. The summed E-state index contributed by atoms with van der Waals surface area (Å²) >= 11 is 0. The summed E-state index contributed by atoms with van der Waals surface area (Å²) in [5, 5.41) is 13.6. The molecule has 5 nitrogen and oxygen atoms in total. The third-order valence-electron chi connectivity index (χ3n) is 3.89. The lowest BCUT2D eigenvalue weighted by Crippen LogP contribution is -2.38. The number of ether oxygens (including phenoxy) is 1. The predicted octanol–water partition coefficient (Wildman–Crippen LogP) is 3.48. The second-order valence-corrected chi connectivity index (χ2v) is 8.10. The molecule has 1 aromatic rings. The average molecular weight is 336 g/mol. The molecule has 136 valence electrons. The maximum atomic E-state index is 11.0. The van der Waals surface area contributed by atoms with E-state index in [4.69, 9.17) is 10.5 Å². The number of β-amino-alcohol motifs (C(OH)–C–C–N with tert-alkyl or cyclic N) is 1. The van der Waals surface area contributed by atoms with Crippen LogP contribution in [0.4, 0.5) is 4.79 Å². The van der Waals surface area contributed by atoms with Crippen LogP contribution in [-0.2, 0) is 4.74 Å². The van der Waals surface area contributed by atoms with Gasteiger partial charge in [-0.15, -0.1) is 0 Å². The molecule has 0 saturated carbocycles. The number of nitrogens with one attached hydrogen (secondary N) is 1. The third kappa shape index (κ3) is 7.32. The minimum absolute atomic E-state index is 0.0263. The van der Waals surface area contributed by atoms with Gasteiger partial charge in [-0.1, -0.05) is 31.2 Å². The highest BCUT2D eigenvalue weighted by atomic mass is 16.6. The lowest BCUT2D eigenvalue weighted by atomic mass is 9.88. The van der Waals surface area contributed by atoms with Gasteiger partial charge in [-0.05, 0) is 58.1 Å². The van der Waals surface area contributed by atoms with Gasteiger partial charge in [-0.25, -0.2) is 4.79 Å². The summed E-state index contributed by atoms with van der Waals surface area (Å²) < 4.78 is 5.15. The van der Waals surface area contributed by atoms with E-state index in [1.54, 1.807) is 0 Å². The number of primary amides is 1. The highest BCUT2D eigenvalue weighted by Gasteiger charge is 2.25. The Bertz CT molecular complexity index is 533. The maximum absolute atomic E-state index is 11.0. The van der Waals surface area contributed by atoms with Crippen LogP contribution in [-0.4, -0.2) is 28.9 Å². The monoisotopic (exact) mass is 336 g/mol. The molecule has 24 heavy (non-hydrogen) atoms. The average Bonchev–Trinajstić information content (AvgIpc) is 2.42. The fraction of sp³-hybridized carbons (Fsp3) is 0.632. The molecular formula is C19H32N2O3. The van der Waals surface area contributed by atoms with Gasteiger partial charge in [0.2, 0.25) is 0 Å². The quantitative estimate of drug-likeness (QED) is 0.712. The van der Waals surface area contributed by atoms with Gasteiger partial charge in [0.25, 0.3) is 0 Å². The molecule has 0 aliphatic carbocycles. The van der Waals surface area contributed by atoms with Crippen molar-refractivity contribution in [2.24, 2.45) is 5.73 Å². The van der Waals surface area contributed by atoms with Gasteiger partial charge in [0, 0.05) is 12.1 Å². The van der Waals surface area contributed by atoms with Crippen LogP contribution < -0.4 is 11.1 Å². The van der Waals surface area contributed by atoms with Gasteiger partial charge in [0.15, 0.2) is 0 Å². The van der Waals surface area contributed by atoms with Crippen LogP contribution in [0.2, 0.25) is 0 Å². The van der Waals surface area contributed by atoms with Crippen molar-refractivity contribution >= 4 is 6.09 Å². The number of hydrogen-bond acceptors (Lipinski definition) is 4. The molecule has 4 N–H and O–H groups in total. The van der Waals surface area contributed by atoms with Crippen molar-refractivity contribution < 1.29 is 14.6 Å². The summed E-state index contributed by atoms with van der Waals surface area (Å²) in [6.45, 7) is 12.5. The van der Waals surface area contributed by atoms with Crippen LogP contribution in [0.15, 0.2) is 24.3 Å². The molecule has 0 radical (unpaired) electrons. The third-order valence-corrected chi connectivity index (χ3v) is 3.89. The van der Waals surface area contributed by atoms with Crippen LogP contribution in [0.25, 0.3) is 0 Å². The summed E-state index contributed by atoms with van der Waals surface area (Å²) in [4.78, 5) is 11.0. The van der Waals surface area contributed by atoms with Crippen molar-refractivity contribution in [3.63, 3.8) is 0 Å². The number of aliphatic hydroxyl groups is 1. The molecule has 0 fully saturated rings. The predicted molar refractivity (Wildman–Crippen MR) is 96.9 cm³/mol. The van der Waals surface area contributed by atoms with Gasteiger partial charge in [0.1, 0.15) is 5.60 Å². The molecule has 0 saturated heterocycles. The van der Waals surface area contributed by atoms with Crippen molar-refractivity contribution in [1.82, 2.24) is 5.32 Å². The summed E-state index contributed by atoms with van der Waals surface area (Å²) in [7, 11) is 0. The molecule has 0 aliphatic rings. The van der Waals surface area contributed by atoms with E-state index in [2.05, 4.69) is 33.0 Å². The zero-order chi connectivity index (χ0) is 18.5. The van der Waals surface area contributed by atoms with Crippen LogP contribution in [0.5, 0.6) is 0 Å². The van der Waals surface area contributed by atoms with Crippen LogP contribution in [0.3, 0.4) is 0 Å². The Balaban J connectivity index is 2.68. The van der Waals surface area contributed by atoms with Crippen LogP contribution >= 0.6 is 0 Å². The van der Waals surface area contributed by atoms with Crippen LogP contribution in [0.1, 0.15) is 71.1 Å². The molecule has 0 spiro atoms. The largest absolute Gasteiger partial charge is 0.444 e. The second-order valence-electron chi connectivity index (χ2n) is 8.10. The van der Waals surface area contributed by atoms with Crippen LogP contribution in [0, 0.1) is 0 Å². The first-order valence-corrected chi connectivity index (χ1v) is 8.41. The van der Waals surface area contributed by atoms with E-state index in [0.29, 0.717) is 13.0 Å². The summed E-state index contributed by atoms with van der Waals surface area (Å²) in [5.41, 5.74) is 6.49. The van der Waals surface area contributed by atoms with E-state index in [0.717, 1.165) is 11.1 Å². The standard InChI is InChI=1S/C19H32N2O3/c1-13(11-19(5,6)24-17(20)23)14-7-9-15(10-8-14)16(22)12-21-18(2,3)4/h7-10,13,16,21-22H,11-12H2,1-6H3,(H2,20,23). The number of benzene rings is 1. The molecule has 1 aromatic carbocycles. The number of rotatable bonds is 7. The van der Waals surface area contributed by atoms with E-state index < -0.39 is 17.8 Å². The second kappa shape index (κ2) is 7.99. The fourth-order valence-corrected chi connectivity index (χ4v) is 2.74. The fourth-order valence-electron chi connectivity index (χ4n) is 2.74. The van der Waals surface area contributed by atoms with Gasteiger partial charge in [-0.3, -0.25) is 0 Å². The molecule has 0 bridgehead atoms. The van der Waals surface area contributed by atoms with E-state index in [1.165, 1.54) is 0 Å². The van der Waals surface area contributed by atoms with Crippen molar-refractivity contribution in [2.75, 3.05) is 6.54 Å². The van der Waals surface area contributed by atoms with Gasteiger partial charge < -0.3 is 20.9 Å². The van der Waals surface area contributed by atoms with Gasteiger partial charge in [0.05, 0.1) is 6.10 Å². The van der Waals surface area contributed by atoms with E-state index in [9.17, 15) is 9.90 Å². The highest BCUT2D eigenvalue weighted by Crippen LogP contribution is 2.28. The molecule has 2 unspecified atom stereocenters.